The molecule has 0 fully saturated rings. The van der Waals surface area contributed by atoms with E-state index in [0.717, 1.165) is 0 Å². The summed E-state index contributed by atoms with van der Waals surface area (Å²) in [4.78, 5) is 10.6. The van der Waals surface area contributed by atoms with E-state index >= 15 is 0 Å². The van der Waals surface area contributed by atoms with Gasteiger partial charge in [0, 0.05) is 5.69 Å². The molecule has 0 spiro atoms. The number of hydrogen-bond acceptors (Lipinski definition) is 2. The second-order valence-electron chi connectivity index (χ2n) is 2.71. The summed E-state index contributed by atoms with van der Waals surface area (Å²) in [6.45, 7) is 3.36. The van der Waals surface area contributed by atoms with Gasteiger partial charge in [0.25, 0.3) is 0 Å². The minimum Gasteiger partial charge on any atom is -0.479 e. The second-order valence-corrected chi connectivity index (χ2v) is 2.71. The molecule has 4 heteroatoms. The van der Waals surface area contributed by atoms with E-state index in [4.69, 9.17) is 5.11 Å². The summed E-state index contributed by atoms with van der Waals surface area (Å²) in [5, 5.41) is 11.3. The lowest BCUT2D eigenvalue weighted by molar-refractivity contribution is -0.136. The van der Waals surface area contributed by atoms with E-state index in [-0.39, 0.29) is 0 Å². The minimum atomic E-state index is -1.05. The van der Waals surface area contributed by atoms with Gasteiger partial charge in [0.15, 0.2) is 0 Å². The number of carboxylic acids is 1. The zero-order valence-electron chi connectivity index (χ0n) is 7.40. The Morgan fingerprint density at radius 3 is 2.86 bits per heavy atom. The number of carbonyl (C=O) groups is 1. The summed E-state index contributed by atoms with van der Waals surface area (Å²) in [7, 11) is 0. The van der Waals surface area contributed by atoms with Crippen LogP contribution in [0.1, 0.15) is 0 Å². The van der Waals surface area contributed by atoms with Crippen LogP contribution >= 0.6 is 0 Å². The maximum Gasteiger partial charge on any atom is 0.330 e. The Kier molecular flexibility index (Phi) is 3.23. The van der Waals surface area contributed by atoms with Crippen LogP contribution in [-0.4, -0.2) is 17.1 Å². The molecule has 0 radical (unpaired) electrons. The number of benzene rings is 1. The summed E-state index contributed by atoms with van der Waals surface area (Å²) >= 11 is 0. The monoisotopic (exact) mass is 195 g/mol. The van der Waals surface area contributed by atoms with Gasteiger partial charge in [-0.25, -0.2) is 9.18 Å². The number of anilines is 1. The van der Waals surface area contributed by atoms with Crippen molar-refractivity contribution < 1.29 is 14.3 Å². The third-order valence-electron chi connectivity index (χ3n) is 1.65. The lowest BCUT2D eigenvalue weighted by Crippen LogP contribution is -2.26. The highest BCUT2D eigenvalue weighted by Crippen LogP contribution is 2.10. The molecule has 0 aliphatic carbocycles. The Bertz CT molecular complexity index is 352. The fourth-order valence-electron chi connectivity index (χ4n) is 0.979. The molecular formula is C10H10FNO2. The summed E-state index contributed by atoms with van der Waals surface area (Å²) in [6, 6.07) is 4.69. The largest absolute Gasteiger partial charge is 0.479 e. The normalized spacial score (nSPS) is 11.8. The molecule has 1 aromatic rings. The van der Waals surface area contributed by atoms with Gasteiger partial charge >= 0.3 is 5.97 Å². The van der Waals surface area contributed by atoms with Crippen molar-refractivity contribution in [2.24, 2.45) is 0 Å². The summed E-state index contributed by atoms with van der Waals surface area (Å²) < 4.78 is 12.7. The molecular weight excluding hydrogens is 185 g/mol. The van der Waals surface area contributed by atoms with Crippen LogP contribution < -0.4 is 5.32 Å². The number of rotatable bonds is 4. The molecule has 0 saturated heterocycles. The van der Waals surface area contributed by atoms with Gasteiger partial charge in [0.05, 0.1) is 0 Å². The predicted molar refractivity (Wildman–Crippen MR) is 51.6 cm³/mol. The van der Waals surface area contributed by atoms with E-state index in [0.29, 0.717) is 5.69 Å². The van der Waals surface area contributed by atoms with Gasteiger partial charge in [-0.2, -0.15) is 0 Å². The highest BCUT2D eigenvalue weighted by atomic mass is 19.1. The topological polar surface area (TPSA) is 49.3 Å². The predicted octanol–water partition coefficient (Wildman–Crippen LogP) is 1.88. The van der Waals surface area contributed by atoms with E-state index in [1.807, 2.05) is 0 Å². The third-order valence-corrected chi connectivity index (χ3v) is 1.65. The van der Waals surface area contributed by atoms with Crippen LogP contribution in [0.25, 0.3) is 0 Å². The molecule has 0 heterocycles. The first kappa shape index (κ1) is 10.2. The third kappa shape index (κ3) is 2.58. The number of hydrogen-bond donors (Lipinski definition) is 2. The molecule has 0 saturated carbocycles. The fraction of sp³-hybridized carbons (Fsp3) is 0.100. The molecule has 0 aliphatic heterocycles. The molecule has 1 aromatic carbocycles. The van der Waals surface area contributed by atoms with Crippen molar-refractivity contribution >= 4 is 11.7 Å². The molecule has 0 amide bonds. The SMILES string of the molecule is C=CC(Nc1cccc(F)c1)C(=O)O. The van der Waals surface area contributed by atoms with E-state index in [9.17, 15) is 9.18 Å². The summed E-state index contributed by atoms with van der Waals surface area (Å²) in [5.41, 5.74) is 0.414. The lowest BCUT2D eigenvalue weighted by Gasteiger charge is -2.10. The standard InChI is InChI=1S/C10H10FNO2/c1-2-9(10(13)14)12-8-5-3-4-7(11)6-8/h2-6,9,12H,1H2,(H,13,14). The highest BCUT2D eigenvalue weighted by molar-refractivity contribution is 5.79. The molecule has 1 atom stereocenters. The van der Waals surface area contributed by atoms with Gasteiger partial charge in [-0.15, -0.1) is 6.58 Å². The van der Waals surface area contributed by atoms with Gasteiger partial charge in [-0.1, -0.05) is 12.1 Å². The quantitative estimate of drug-likeness (QED) is 0.721. The fourth-order valence-corrected chi connectivity index (χ4v) is 0.979. The average molecular weight is 195 g/mol. The van der Waals surface area contributed by atoms with Gasteiger partial charge in [-0.05, 0) is 18.2 Å². The van der Waals surface area contributed by atoms with Crippen molar-refractivity contribution in [3.8, 4) is 0 Å². The first-order valence-corrected chi connectivity index (χ1v) is 4.01. The van der Waals surface area contributed by atoms with Crippen LogP contribution in [-0.2, 0) is 4.79 Å². The Balaban J connectivity index is 2.76. The van der Waals surface area contributed by atoms with Crippen LogP contribution in [0.15, 0.2) is 36.9 Å². The molecule has 1 rings (SSSR count). The van der Waals surface area contributed by atoms with Crippen LogP contribution in [0.2, 0.25) is 0 Å². The van der Waals surface area contributed by atoms with Crippen LogP contribution in [0.5, 0.6) is 0 Å². The Morgan fingerprint density at radius 1 is 1.64 bits per heavy atom. The van der Waals surface area contributed by atoms with Gasteiger partial charge in [0.2, 0.25) is 0 Å². The van der Waals surface area contributed by atoms with Gasteiger partial charge < -0.3 is 10.4 Å². The van der Waals surface area contributed by atoms with Crippen molar-refractivity contribution in [3.05, 3.63) is 42.7 Å². The highest BCUT2D eigenvalue weighted by Gasteiger charge is 2.12. The minimum absolute atomic E-state index is 0.414. The average Bonchev–Trinajstić information content (AvgIpc) is 2.14. The van der Waals surface area contributed by atoms with Crippen molar-refractivity contribution in [2.75, 3.05) is 5.32 Å². The van der Waals surface area contributed by atoms with Crippen molar-refractivity contribution in [2.45, 2.75) is 6.04 Å². The smallest absolute Gasteiger partial charge is 0.330 e. The Hall–Kier alpha value is -1.84. The first-order chi connectivity index (χ1) is 6.63. The van der Waals surface area contributed by atoms with E-state index in [1.165, 1.54) is 24.3 Å². The van der Waals surface area contributed by atoms with Gasteiger partial charge in [-0.3, -0.25) is 0 Å². The van der Waals surface area contributed by atoms with Crippen molar-refractivity contribution in [1.82, 2.24) is 0 Å². The zero-order chi connectivity index (χ0) is 10.6. The summed E-state index contributed by atoms with van der Waals surface area (Å²) in [6.07, 6.45) is 1.24. The lowest BCUT2D eigenvalue weighted by atomic mass is 10.2. The Morgan fingerprint density at radius 2 is 2.36 bits per heavy atom. The molecule has 74 valence electrons. The van der Waals surface area contributed by atoms with Crippen LogP contribution in [0.4, 0.5) is 10.1 Å². The second kappa shape index (κ2) is 4.41. The maximum atomic E-state index is 12.7. The first-order valence-electron chi connectivity index (χ1n) is 4.01. The van der Waals surface area contributed by atoms with Crippen molar-refractivity contribution in [3.63, 3.8) is 0 Å². The number of aliphatic carboxylic acids is 1. The Labute approximate surface area is 80.9 Å². The molecule has 2 N–H and O–H groups in total. The summed E-state index contributed by atoms with van der Waals surface area (Å²) in [5.74, 6) is -1.47. The molecule has 1 unspecified atom stereocenters. The van der Waals surface area contributed by atoms with Gasteiger partial charge in [0.1, 0.15) is 11.9 Å². The number of nitrogens with one attached hydrogen (secondary N) is 1. The maximum absolute atomic E-state index is 12.7. The molecule has 14 heavy (non-hydrogen) atoms. The van der Waals surface area contributed by atoms with Crippen molar-refractivity contribution in [1.29, 1.82) is 0 Å². The number of halogens is 1. The molecule has 0 aromatic heterocycles. The van der Waals surface area contributed by atoms with Crippen LogP contribution in [0.3, 0.4) is 0 Å². The van der Waals surface area contributed by atoms with E-state index in [2.05, 4.69) is 11.9 Å². The number of carboxylic acid groups (broad SMARTS) is 1. The molecule has 3 nitrogen and oxygen atoms in total. The van der Waals surface area contributed by atoms with Crippen LogP contribution in [0, 0.1) is 5.82 Å². The zero-order valence-corrected chi connectivity index (χ0v) is 7.40. The molecule has 0 bridgehead atoms. The molecule has 0 aliphatic rings. The van der Waals surface area contributed by atoms with E-state index < -0.39 is 17.8 Å². The van der Waals surface area contributed by atoms with E-state index in [1.54, 1.807) is 6.07 Å².